The molecule has 0 bridgehead atoms. The third-order valence-electron chi connectivity index (χ3n) is 5.75. The van der Waals surface area contributed by atoms with Crippen molar-refractivity contribution in [3.63, 3.8) is 0 Å². The highest BCUT2D eigenvalue weighted by Crippen LogP contribution is 2.37. The van der Waals surface area contributed by atoms with Crippen LogP contribution in [0, 0.1) is 20.4 Å². The number of morpholine rings is 1. The fourth-order valence-corrected chi connectivity index (χ4v) is 4.10. The van der Waals surface area contributed by atoms with E-state index >= 15 is 0 Å². The molecule has 3 aromatic rings. The molecular weight excluding hydrogens is 390 g/mol. The van der Waals surface area contributed by atoms with E-state index in [-0.39, 0.29) is 6.04 Å². The third kappa shape index (κ3) is 4.12. The van der Waals surface area contributed by atoms with Crippen LogP contribution >= 0.6 is 0 Å². The second-order valence-corrected chi connectivity index (χ2v) is 7.73. The Hall–Kier alpha value is -3.37. The Morgan fingerprint density at radius 1 is 1.19 bits per heavy atom. The van der Waals surface area contributed by atoms with Crippen LogP contribution in [0.4, 0.5) is 17.2 Å². The Labute approximate surface area is 182 Å². The number of hydrogen-bond acceptors (Lipinski definition) is 6. The molecule has 4 rings (SSSR count). The fraction of sp³-hybridized carbons (Fsp3) is 0.375. The number of nitrogens with one attached hydrogen (secondary N) is 1. The quantitative estimate of drug-likeness (QED) is 0.601. The van der Waals surface area contributed by atoms with Gasteiger partial charge in [-0.1, -0.05) is 18.2 Å². The van der Waals surface area contributed by atoms with E-state index in [2.05, 4.69) is 39.1 Å². The first-order chi connectivity index (χ1) is 15.0. The van der Waals surface area contributed by atoms with Crippen LogP contribution in [0.2, 0.25) is 0 Å². The van der Waals surface area contributed by atoms with Crippen LogP contribution in [0.25, 0.3) is 15.7 Å². The van der Waals surface area contributed by atoms with E-state index in [0.717, 1.165) is 52.4 Å². The largest absolute Gasteiger partial charge is 0.495 e. The molecule has 1 atom stereocenters. The molecule has 31 heavy (non-hydrogen) atoms. The van der Waals surface area contributed by atoms with Gasteiger partial charge in [0.2, 0.25) is 0 Å². The average molecular weight is 418 g/mol. The van der Waals surface area contributed by atoms with E-state index in [0.29, 0.717) is 24.7 Å². The van der Waals surface area contributed by atoms with E-state index in [1.807, 2.05) is 32.0 Å². The van der Waals surface area contributed by atoms with Gasteiger partial charge < -0.3 is 19.7 Å². The Balaban J connectivity index is 1.77. The highest BCUT2D eigenvalue weighted by molar-refractivity contribution is 5.94. The van der Waals surface area contributed by atoms with Crippen molar-refractivity contribution in [2.45, 2.75) is 26.8 Å². The lowest BCUT2D eigenvalue weighted by molar-refractivity contribution is 0.122. The predicted octanol–water partition coefficient (Wildman–Crippen LogP) is 4.82. The average Bonchev–Trinajstić information content (AvgIpc) is 2.78. The molecule has 160 valence electrons. The Kier molecular flexibility index (Phi) is 5.92. The maximum Gasteiger partial charge on any atom is 0.190 e. The van der Waals surface area contributed by atoms with Crippen molar-refractivity contribution in [3.8, 4) is 5.75 Å². The predicted molar refractivity (Wildman–Crippen MR) is 123 cm³/mol. The minimum atomic E-state index is -0.0202. The van der Waals surface area contributed by atoms with Crippen LogP contribution in [-0.4, -0.2) is 43.4 Å². The van der Waals surface area contributed by atoms with Gasteiger partial charge in [0, 0.05) is 30.6 Å². The first kappa shape index (κ1) is 20.9. The molecule has 0 spiro atoms. The van der Waals surface area contributed by atoms with Crippen molar-refractivity contribution >= 4 is 28.1 Å². The smallest absolute Gasteiger partial charge is 0.190 e. The number of anilines is 2. The van der Waals surface area contributed by atoms with Gasteiger partial charge >= 0.3 is 0 Å². The van der Waals surface area contributed by atoms with Crippen molar-refractivity contribution in [2.75, 3.05) is 43.6 Å². The Morgan fingerprint density at radius 2 is 1.97 bits per heavy atom. The van der Waals surface area contributed by atoms with E-state index in [4.69, 9.17) is 21.0 Å². The van der Waals surface area contributed by atoms with Gasteiger partial charge in [-0.15, -0.1) is 0 Å². The molecule has 1 aliphatic heterocycles. The van der Waals surface area contributed by atoms with Crippen molar-refractivity contribution in [1.29, 1.82) is 0 Å². The summed E-state index contributed by atoms with van der Waals surface area (Å²) in [5.74, 6) is 2.27. The van der Waals surface area contributed by atoms with Gasteiger partial charge in [0.1, 0.15) is 17.4 Å². The number of hydrogen-bond donors (Lipinski definition) is 1. The van der Waals surface area contributed by atoms with Crippen LogP contribution < -0.4 is 15.0 Å². The monoisotopic (exact) mass is 417 g/mol. The van der Waals surface area contributed by atoms with Crippen molar-refractivity contribution < 1.29 is 9.47 Å². The van der Waals surface area contributed by atoms with Gasteiger partial charge in [0.15, 0.2) is 5.69 Å². The summed E-state index contributed by atoms with van der Waals surface area (Å²) in [5, 5.41) is 4.51. The highest BCUT2D eigenvalue weighted by atomic mass is 16.5. The molecule has 1 aromatic heterocycles. The lowest BCUT2D eigenvalue weighted by Gasteiger charge is -2.30. The molecule has 1 aliphatic rings. The molecule has 1 saturated heterocycles. The molecule has 2 heterocycles. The zero-order valence-corrected chi connectivity index (χ0v) is 18.4. The summed E-state index contributed by atoms with van der Waals surface area (Å²) in [6.45, 7) is 16.4. The molecule has 0 aliphatic carbocycles. The summed E-state index contributed by atoms with van der Waals surface area (Å²) < 4.78 is 11.2. The second-order valence-electron chi connectivity index (χ2n) is 7.73. The lowest BCUT2D eigenvalue weighted by Crippen LogP contribution is -2.36. The number of benzene rings is 2. The molecule has 0 unspecified atom stereocenters. The topological polar surface area (TPSA) is 63.9 Å². The van der Waals surface area contributed by atoms with Crippen LogP contribution in [0.15, 0.2) is 30.3 Å². The molecule has 7 heteroatoms. The number of methoxy groups -OCH3 is 1. The van der Waals surface area contributed by atoms with Gasteiger partial charge in [0.25, 0.3) is 0 Å². The summed E-state index contributed by atoms with van der Waals surface area (Å²) >= 11 is 0. The van der Waals surface area contributed by atoms with Crippen molar-refractivity contribution in [1.82, 2.24) is 9.97 Å². The van der Waals surface area contributed by atoms with Gasteiger partial charge in [0.05, 0.1) is 38.1 Å². The third-order valence-corrected chi connectivity index (χ3v) is 5.75. The molecule has 7 nitrogen and oxygen atoms in total. The molecule has 0 radical (unpaired) electrons. The first-order valence-corrected chi connectivity index (χ1v) is 10.4. The van der Waals surface area contributed by atoms with Crippen LogP contribution in [0.1, 0.15) is 29.9 Å². The summed E-state index contributed by atoms with van der Waals surface area (Å²) in [6.07, 6.45) is 0. The minimum absolute atomic E-state index is 0.0202. The fourth-order valence-electron chi connectivity index (χ4n) is 4.10. The SMILES string of the molecule is [C-]#[N+]c1cccc([C@@H](C)Nc2nc(C)nc3cc(OC)c(N4CCOCC4)cc23)c1C. The normalized spacial score (nSPS) is 14.9. The Bertz CT molecular complexity index is 1150. The highest BCUT2D eigenvalue weighted by Gasteiger charge is 2.20. The summed E-state index contributed by atoms with van der Waals surface area (Å²) in [5.41, 5.74) is 4.60. The number of aryl methyl sites for hydroxylation is 1. The summed E-state index contributed by atoms with van der Waals surface area (Å²) in [6, 6.07) is 9.90. The van der Waals surface area contributed by atoms with E-state index in [9.17, 15) is 0 Å². The lowest BCUT2D eigenvalue weighted by atomic mass is 10.0. The number of nitrogens with zero attached hydrogens (tertiary/aromatic N) is 4. The standard InChI is InChI=1S/C24H27N5O2/c1-15-18(7-6-8-20(15)25-4)16(2)26-24-19-13-22(29-9-11-31-12-10-29)23(30-5)14-21(19)27-17(3)28-24/h6-8,13-14,16H,9-12H2,1-3,5H3,(H,26,27,28)/t16-/m1/s1. The van der Waals surface area contributed by atoms with Crippen LogP contribution in [-0.2, 0) is 4.74 Å². The maximum atomic E-state index is 7.40. The van der Waals surface area contributed by atoms with Gasteiger partial charge in [-0.3, -0.25) is 0 Å². The van der Waals surface area contributed by atoms with Gasteiger partial charge in [-0.2, -0.15) is 0 Å². The maximum absolute atomic E-state index is 7.40. The van der Waals surface area contributed by atoms with E-state index in [1.165, 1.54) is 0 Å². The zero-order valence-electron chi connectivity index (χ0n) is 18.4. The number of rotatable bonds is 5. The molecule has 1 N–H and O–H groups in total. The molecule has 0 amide bonds. The van der Waals surface area contributed by atoms with Crippen LogP contribution in [0.3, 0.4) is 0 Å². The van der Waals surface area contributed by atoms with E-state index < -0.39 is 0 Å². The van der Waals surface area contributed by atoms with Crippen LogP contribution in [0.5, 0.6) is 5.75 Å². The number of fused-ring (bicyclic) bond motifs is 1. The van der Waals surface area contributed by atoms with Crippen molar-refractivity contribution in [3.05, 3.63) is 58.7 Å². The molecule has 1 fully saturated rings. The van der Waals surface area contributed by atoms with Gasteiger partial charge in [-0.25, -0.2) is 14.8 Å². The van der Waals surface area contributed by atoms with E-state index in [1.54, 1.807) is 7.11 Å². The number of ether oxygens (including phenoxy) is 2. The molecule has 2 aromatic carbocycles. The zero-order chi connectivity index (χ0) is 22.0. The second kappa shape index (κ2) is 8.78. The summed E-state index contributed by atoms with van der Waals surface area (Å²) in [4.78, 5) is 15.3. The molecule has 0 saturated carbocycles. The number of aromatic nitrogens is 2. The summed E-state index contributed by atoms with van der Waals surface area (Å²) in [7, 11) is 1.69. The minimum Gasteiger partial charge on any atom is -0.495 e. The van der Waals surface area contributed by atoms with Crippen molar-refractivity contribution in [2.24, 2.45) is 0 Å². The van der Waals surface area contributed by atoms with Gasteiger partial charge in [-0.05, 0) is 38.0 Å². The molecular formula is C24H27N5O2. The first-order valence-electron chi connectivity index (χ1n) is 10.4. The Morgan fingerprint density at radius 3 is 2.68 bits per heavy atom.